The van der Waals surface area contributed by atoms with E-state index in [1.165, 1.54) is 13.2 Å². The third kappa shape index (κ3) is 4.75. The first-order valence-electron chi connectivity index (χ1n) is 8.64. The summed E-state index contributed by atoms with van der Waals surface area (Å²) in [6, 6.07) is 11.7. The van der Waals surface area contributed by atoms with Crippen molar-refractivity contribution in [1.82, 2.24) is 0 Å². The molecule has 1 aliphatic rings. The Kier molecular flexibility index (Phi) is 6.51. The molecule has 0 aromatic heterocycles. The van der Waals surface area contributed by atoms with Gasteiger partial charge in [-0.2, -0.15) is 0 Å². The third-order valence-electron chi connectivity index (χ3n) is 3.91. The van der Waals surface area contributed by atoms with Gasteiger partial charge < -0.3 is 19.7 Å². The van der Waals surface area contributed by atoms with Crippen molar-refractivity contribution in [3.05, 3.63) is 69.3 Å². The molecule has 0 radical (unpaired) electrons. The predicted octanol–water partition coefficient (Wildman–Crippen LogP) is 5.25. The van der Waals surface area contributed by atoms with E-state index in [1.54, 1.807) is 49.4 Å². The number of hydrogen-bond donors (Lipinski definition) is 2. The number of ether oxygens (including phenoxy) is 2. The zero-order valence-corrected chi connectivity index (χ0v) is 17.3. The molecule has 2 aromatic rings. The summed E-state index contributed by atoms with van der Waals surface area (Å²) in [6.07, 6.45) is 1.64. The van der Waals surface area contributed by atoms with Crippen molar-refractivity contribution < 1.29 is 24.5 Å². The zero-order valence-electron chi connectivity index (χ0n) is 15.7. The first-order valence-corrected chi connectivity index (χ1v) is 9.84. The first-order chi connectivity index (χ1) is 13.9. The Bertz CT molecular complexity index is 1050. The van der Waals surface area contributed by atoms with Crippen molar-refractivity contribution in [3.63, 3.8) is 0 Å². The summed E-state index contributed by atoms with van der Waals surface area (Å²) >= 11 is 7.13. The van der Waals surface area contributed by atoms with Crippen molar-refractivity contribution in [2.24, 2.45) is 4.99 Å². The van der Waals surface area contributed by atoms with E-state index in [-0.39, 0.29) is 23.7 Å². The summed E-state index contributed by atoms with van der Waals surface area (Å²) in [5, 5.41) is 21.4. The van der Waals surface area contributed by atoms with Gasteiger partial charge in [-0.3, -0.25) is 0 Å². The lowest BCUT2D eigenvalue weighted by Gasteiger charge is -2.04. The molecule has 150 valence electrons. The van der Waals surface area contributed by atoms with Gasteiger partial charge in [-0.1, -0.05) is 35.5 Å². The number of phenolic OH excluding ortho intramolecular Hbond substituents is 1. The number of benzene rings is 2. The number of nitrogens with zero attached hydrogens (tertiary/aromatic N) is 1. The summed E-state index contributed by atoms with van der Waals surface area (Å²) in [5.41, 5.74) is 1.14. The molecule has 6 nitrogen and oxygen atoms in total. The van der Waals surface area contributed by atoms with E-state index in [2.05, 4.69) is 4.99 Å². The van der Waals surface area contributed by atoms with Crippen LogP contribution < -0.4 is 4.74 Å². The number of aromatic hydroxyl groups is 1. The van der Waals surface area contributed by atoms with Crippen LogP contribution in [0.15, 0.2) is 63.7 Å². The minimum atomic E-state index is -0.667. The minimum Gasteiger partial charge on any atom is -0.506 e. The van der Waals surface area contributed by atoms with Crippen LogP contribution in [0.25, 0.3) is 6.08 Å². The van der Waals surface area contributed by atoms with Crippen LogP contribution in [0.1, 0.15) is 12.5 Å². The predicted molar refractivity (Wildman–Crippen MR) is 115 cm³/mol. The minimum absolute atomic E-state index is 0.0131. The Balaban J connectivity index is 2.04. The van der Waals surface area contributed by atoms with Crippen molar-refractivity contribution in [1.29, 1.82) is 0 Å². The normalized spacial score (nSPS) is 16.5. The number of methoxy groups -OCH3 is 1. The molecule has 1 aliphatic heterocycles. The van der Waals surface area contributed by atoms with Gasteiger partial charge in [-0.15, -0.1) is 0 Å². The van der Waals surface area contributed by atoms with E-state index < -0.39 is 5.97 Å². The second-order valence-corrected chi connectivity index (χ2v) is 7.35. The van der Waals surface area contributed by atoms with Gasteiger partial charge in [-0.05, 0) is 48.9 Å². The van der Waals surface area contributed by atoms with Crippen LogP contribution in [0.3, 0.4) is 0 Å². The quantitative estimate of drug-likeness (QED) is 0.629. The summed E-state index contributed by atoms with van der Waals surface area (Å²) < 4.78 is 10.1. The van der Waals surface area contributed by atoms with E-state index >= 15 is 0 Å². The van der Waals surface area contributed by atoms with E-state index in [1.807, 2.05) is 0 Å². The fraction of sp³-hybridized carbons (Fsp3) is 0.143. The van der Waals surface area contributed by atoms with E-state index in [0.29, 0.717) is 32.0 Å². The van der Waals surface area contributed by atoms with Gasteiger partial charge in [0.1, 0.15) is 16.4 Å². The highest BCUT2D eigenvalue weighted by molar-refractivity contribution is 8.18. The smallest absolute Gasteiger partial charge is 0.344 e. The van der Waals surface area contributed by atoms with E-state index in [9.17, 15) is 15.0 Å². The van der Waals surface area contributed by atoms with Crippen LogP contribution in [0, 0.1) is 0 Å². The van der Waals surface area contributed by atoms with Crippen LogP contribution >= 0.6 is 23.4 Å². The monoisotopic (exact) mass is 431 g/mol. The van der Waals surface area contributed by atoms with Crippen LogP contribution in [0.5, 0.6) is 11.5 Å². The standard InChI is InChI=1S/C21H18ClNO5S/c1-3-28-21(26)18-19(25)17(10-12-7-8-16(27-2)15(24)9-12)29-20(18)23-14-6-4-5-13(22)11-14/h4-11,24-25H,3H2,1-2H3. The number of carbonyl (C=O) groups excluding carboxylic acids is 1. The highest BCUT2D eigenvalue weighted by atomic mass is 35.5. The number of thioether (sulfide) groups is 1. The Morgan fingerprint density at radius 3 is 2.69 bits per heavy atom. The second-order valence-electron chi connectivity index (χ2n) is 5.88. The molecular formula is C21H18ClNO5S. The summed E-state index contributed by atoms with van der Waals surface area (Å²) in [5.74, 6) is -0.600. The van der Waals surface area contributed by atoms with Gasteiger partial charge in [0.15, 0.2) is 11.5 Å². The van der Waals surface area contributed by atoms with Crippen molar-refractivity contribution in [2.45, 2.75) is 6.92 Å². The van der Waals surface area contributed by atoms with Crippen molar-refractivity contribution in [3.8, 4) is 11.5 Å². The molecule has 0 saturated carbocycles. The maximum absolute atomic E-state index is 12.4. The number of carbonyl (C=O) groups is 1. The summed E-state index contributed by atoms with van der Waals surface area (Å²) in [4.78, 5) is 17.3. The number of rotatable bonds is 5. The van der Waals surface area contributed by atoms with Gasteiger partial charge in [0.2, 0.25) is 0 Å². The molecular weight excluding hydrogens is 414 g/mol. The van der Waals surface area contributed by atoms with Crippen LogP contribution in [0.2, 0.25) is 5.02 Å². The maximum Gasteiger partial charge on any atom is 0.344 e. The number of aliphatic hydroxyl groups is 1. The summed E-state index contributed by atoms with van der Waals surface area (Å²) in [7, 11) is 1.46. The molecule has 0 saturated heterocycles. The number of aliphatic imine (C=N–C) groups is 1. The fourth-order valence-electron chi connectivity index (χ4n) is 2.60. The van der Waals surface area contributed by atoms with Crippen LogP contribution in [-0.2, 0) is 9.53 Å². The topological polar surface area (TPSA) is 88.4 Å². The highest BCUT2D eigenvalue weighted by Gasteiger charge is 2.33. The Hall–Kier alpha value is -2.90. The lowest BCUT2D eigenvalue weighted by Crippen LogP contribution is -2.12. The summed E-state index contributed by atoms with van der Waals surface area (Å²) in [6.45, 7) is 1.85. The zero-order chi connectivity index (χ0) is 21.0. The molecule has 2 N–H and O–H groups in total. The number of hydrogen-bond acceptors (Lipinski definition) is 7. The van der Waals surface area contributed by atoms with Crippen molar-refractivity contribution in [2.75, 3.05) is 13.7 Å². The van der Waals surface area contributed by atoms with Crippen LogP contribution in [0.4, 0.5) is 5.69 Å². The number of halogens is 1. The molecule has 0 fully saturated rings. The molecule has 0 bridgehead atoms. The fourth-order valence-corrected chi connectivity index (χ4v) is 3.82. The molecule has 0 spiro atoms. The largest absolute Gasteiger partial charge is 0.506 e. The molecule has 29 heavy (non-hydrogen) atoms. The molecule has 0 atom stereocenters. The van der Waals surface area contributed by atoms with Gasteiger partial charge in [0.25, 0.3) is 0 Å². The maximum atomic E-state index is 12.4. The Morgan fingerprint density at radius 1 is 1.24 bits per heavy atom. The second kappa shape index (κ2) is 9.07. The first kappa shape index (κ1) is 20.8. The number of phenols is 1. The molecule has 8 heteroatoms. The molecule has 0 aliphatic carbocycles. The average molecular weight is 432 g/mol. The van der Waals surface area contributed by atoms with Crippen molar-refractivity contribution >= 4 is 46.1 Å². The number of esters is 1. The van der Waals surface area contributed by atoms with E-state index in [4.69, 9.17) is 21.1 Å². The average Bonchev–Trinajstić information content (AvgIpc) is 2.97. The van der Waals surface area contributed by atoms with Gasteiger partial charge in [-0.25, -0.2) is 9.79 Å². The molecule has 0 unspecified atom stereocenters. The van der Waals surface area contributed by atoms with E-state index in [0.717, 1.165) is 11.8 Å². The Morgan fingerprint density at radius 2 is 2.03 bits per heavy atom. The SMILES string of the molecule is CCOC(=O)C1=C(O)C(=Cc2ccc(OC)c(O)c2)SC1=Nc1cccc(Cl)c1. The Labute approximate surface area is 177 Å². The molecule has 1 heterocycles. The molecule has 2 aromatic carbocycles. The lowest BCUT2D eigenvalue weighted by atomic mass is 10.1. The van der Waals surface area contributed by atoms with Gasteiger partial charge in [0, 0.05) is 5.02 Å². The highest BCUT2D eigenvalue weighted by Crippen LogP contribution is 2.41. The van der Waals surface area contributed by atoms with Gasteiger partial charge in [0.05, 0.1) is 24.3 Å². The van der Waals surface area contributed by atoms with Gasteiger partial charge >= 0.3 is 5.97 Å². The van der Waals surface area contributed by atoms with Crippen LogP contribution in [-0.4, -0.2) is 34.9 Å². The molecule has 3 rings (SSSR count). The number of aliphatic hydroxyl groups excluding tert-OH is 1. The third-order valence-corrected chi connectivity index (χ3v) is 5.16. The molecule has 0 amide bonds. The lowest BCUT2D eigenvalue weighted by molar-refractivity contribution is -0.138.